The predicted octanol–water partition coefficient (Wildman–Crippen LogP) is 2.91. The number of aliphatic hydroxyl groups is 1. The van der Waals surface area contributed by atoms with Gasteiger partial charge in [0.15, 0.2) is 5.60 Å². The molecule has 1 aliphatic heterocycles. The minimum absolute atomic E-state index is 0.126. The number of hydrogen-bond donors (Lipinski definition) is 1. The van der Waals surface area contributed by atoms with E-state index < -0.39 is 17.4 Å². The molecule has 0 aliphatic carbocycles. The van der Waals surface area contributed by atoms with Gasteiger partial charge in [-0.25, -0.2) is 0 Å². The first-order chi connectivity index (χ1) is 12.1. The number of carbonyl (C=O) groups is 2. The Labute approximate surface area is 148 Å². The molecule has 0 saturated carbocycles. The summed E-state index contributed by atoms with van der Waals surface area (Å²) in [5, 5.41) is 11.4. The molecule has 25 heavy (non-hydrogen) atoms. The summed E-state index contributed by atoms with van der Waals surface area (Å²) < 4.78 is 0. The van der Waals surface area contributed by atoms with E-state index in [1.165, 1.54) is 4.90 Å². The summed E-state index contributed by atoms with van der Waals surface area (Å²) in [5.41, 5.74) is -0.226. The van der Waals surface area contributed by atoms with Crippen LogP contribution in [0.4, 0.5) is 0 Å². The third-order valence-corrected chi connectivity index (χ3v) is 4.79. The fourth-order valence-electron chi connectivity index (χ4n) is 3.49. The van der Waals surface area contributed by atoms with Crippen LogP contribution in [0.25, 0.3) is 0 Å². The Morgan fingerprint density at radius 1 is 1.00 bits per heavy atom. The van der Waals surface area contributed by atoms with E-state index in [2.05, 4.69) is 0 Å². The normalized spacial score (nSPS) is 23.3. The SMILES string of the molecule is CCCCN1C(=O)[C@H](c2ccccc2)[C@@](O)(Cc2ccccc2)C1=O. The van der Waals surface area contributed by atoms with E-state index in [9.17, 15) is 14.7 Å². The standard InChI is InChI=1S/C21H23NO3/c1-2-3-14-22-19(23)18(17-12-8-5-9-13-17)21(25,20(22)24)15-16-10-6-4-7-11-16/h4-13,18,25H,2-3,14-15H2,1H3/t18-,21-/m0/s1. The molecule has 1 aliphatic rings. The van der Waals surface area contributed by atoms with Crippen LogP contribution >= 0.6 is 0 Å². The van der Waals surface area contributed by atoms with Gasteiger partial charge in [-0.15, -0.1) is 0 Å². The molecule has 0 aromatic heterocycles. The Hall–Kier alpha value is -2.46. The Morgan fingerprint density at radius 2 is 1.60 bits per heavy atom. The molecule has 2 aromatic carbocycles. The number of unbranched alkanes of at least 4 members (excludes halogenated alkanes) is 1. The number of hydrogen-bond acceptors (Lipinski definition) is 3. The number of imide groups is 1. The fourth-order valence-corrected chi connectivity index (χ4v) is 3.49. The molecule has 0 bridgehead atoms. The lowest BCUT2D eigenvalue weighted by Gasteiger charge is -2.26. The Kier molecular flexibility index (Phi) is 5.00. The quantitative estimate of drug-likeness (QED) is 0.825. The lowest BCUT2D eigenvalue weighted by atomic mass is 9.80. The summed E-state index contributed by atoms with van der Waals surface area (Å²) in [6.45, 7) is 2.37. The number of amides is 2. The number of benzene rings is 2. The first-order valence-electron chi connectivity index (χ1n) is 8.75. The monoisotopic (exact) mass is 337 g/mol. The Bertz CT molecular complexity index is 744. The van der Waals surface area contributed by atoms with E-state index in [-0.39, 0.29) is 12.3 Å². The van der Waals surface area contributed by atoms with Crippen molar-refractivity contribution in [1.29, 1.82) is 0 Å². The van der Waals surface area contributed by atoms with Crippen LogP contribution in [0, 0.1) is 0 Å². The average Bonchev–Trinajstić information content (AvgIpc) is 2.81. The maximum Gasteiger partial charge on any atom is 0.262 e. The van der Waals surface area contributed by atoms with Crippen LogP contribution < -0.4 is 0 Å². The fraction of sp³-hybridized carbons (Fsp3) is 0.333. The van der Waals surface area contributed by atoms with E-state index in [1.54, 1.807) is 12.1 Å². The van der Waals surface area contributed by atoms with E-state index in [0.717, 1.165) is 18.4 Å². The summed E-state index contributed by atoms with van der Waals surface area (Å²) in [7, 11) is 0. The topological polar surface area (TPSA) is 57.6 Å². The van der Waals surface area contributed by atoms with Gasteiger partial charge in [0.05, 0.1) is 0 Å². The lowest BCUT2D eigenvalue weighted by Crippen LogP contribution is -2.44. The summed E-state index contributed by atoms with van der Waals surface area (Å²) >= 11 is 0. The van der Waals surface area contributed by atoms with Gasteiger partial charge in [0.25, 0.3) is 5.91 Å². The van der Waals surface area contributed by atoms with E-state index in [0.29, 0.717) is 12.1 Å². The summed E-state index contributed by atoms with van der Waals surface area (Å²) in [4.78, 5) is 27.2. The molecule has 0 radical (unpaired) electrons. The van der Waals surface area contributed by atoms with Gasteiger partial charge in [0.2, 0.25) is 5.91 Å². The van der Waals surface area contributed by atoms with E-state index >= 15 is 0 Å². The third kappa shape index (κ3) is 3.22. The molecular weight excluding hydrogens is 314 g/mol. The minimum Gasteiger partial charge on any atom is -0.378 e. The molecule has 4 heteroatoms. The van der Waals surface area contributed by atoms with Gasteiger partial charge in [-0.3, -0.25) is 14.5 Å². The number of carbonyl (C=O) groups excluding carboxylic acids is 2. The van der Waals surface area contributed by atoms with Crippen molar-refractivity contribution in [3.8, 4) is 0 Å². The Balaban J connectivity index is 2.01. The van der Waals surface area contributed by atoms with Crippen LogP contribution in [-0.2, 0) is 16.0 Å². The van der Waals surface area contributed by atoms with E-state index in [1.807, 2.05) is 55.5 Å². The van der Waals surface area contributed by atoms with Crippen molar-refractivity contribution < 1.29 is 14.7 Å². The van der Waals surface area contributed by atoms with Crippen molar-refractivity contribution in [2.24, 2.45) is 0 Å². The van der Waals surface area contributed by atoms with Gasteiger partial charge >= 0.3 is 0 Å². The molecule has 3 rings (SSSR count). The van der Waals surface area contributed by atoms with Gasteiger partial charge in [-0.2, -0.15) is 0 Å². The van der Waals surface area contributed by atoms with Gasteiger partial charge in [-0.1, -0.05) is 74.0 Å². The average molecular weight is 337 g/mol. The molecule has 4 nitrogen and oxygen atoms in total. The van der Waals surface area contributed by atoms with Crippen LogP contribution in [-0.4, -0.2) is 34.0 Å². The second-order valence-electron chi connectivity index (χ2n) is 6.58. The van der Waals surface area contributed by atoms with Gasteiger partial charge in [-0.05, 0) is 17.5 Å². The first kappa shape index (κ1) is 17.4. The molecule has 2 atom stereocenters. The third-order valence-electron chi connectivity index (χ3n) is 4.79. The molecular formula is C21H23NO3. The molecule has 1 saturated heterocycles. The maximum absolute atomic E-state index is 13.0. The number of likely N-dealkylation sites (tertiary alicyclic amines) is 1. The van der Waals surface area contributed by atoms with Crippen LogP contribution in [0.3, 0.4) is 0 Å². The molecule has 130 valence electrons. The second kappa shape index (κ2) is 7.19. The van der Waals surface area contributed by atoms with Gasteiger partial charge < -0.3 is 5.11 Å². The van der Waals surface area contributed by atoms with Crippen molar-refractivity contribution in [1.82, 2.24) is 4.90 Å². The molecule has 1 N–H and O–H groups in total. The van der Waals surface area contributed by atoms with Crippen molar-refractivity contribution in [2.75, 3.05) is 6.54 Å². The van der Waals surface area contributed by atoms with Gasteiger partial charge in [0.1, 0.15) is 5.92 Å². The van der Waals surface area contributed by atoms with Crippen LogP contribution in [0.5, 0.6) is 0 Å². The van der Waals surface area contributed by atoms with Crippen molar-refractivity contribution in [3.63, 3.8) is 0 Å². The zero-order valence-corrected chi connectivity index (χ0v) is 14.4. The largest absolute Gasteiger partial charge is 0.378 e. The molecule has 2 amide bonds. The highest BCUT2D eigenvalue weighted by atomic mass is 16.3. The van der Waals surface area contributed by atoms with Crippen LogP contribution in [0.1, 0.15) is 36.8 Å². The number of nitrogens with zero attached hydrogens (tertiary/aromatic N) is 1. The second-order valence-corrected chi connectivity index (χ2v) is 6.58. The van der Waals surface area contributed by atoms with Crippen molar-refractivity contribution in [3.05, 3.63) is 71.8 Å². The zero-order valence-electron chi connectivity index (χ0n) is 14.4. The molecule has 0 spiro atoms. The van der Waals surface area contributed by atoms with E-state index in [4.69, 9.17) is 0 Å². The lowest BCUT2D eigenvalue weighted by molar-refractivity contribution is -0.145. The zero-order chi connectivity index (χ0) is 17.9. The molecule has 2 aromatic rings. The Morgan fingerprint density at radius 3 is 2.20 bits per heavy atom. The highest BCUT2D eigenvalue weighted by Gasteiger charge is 2.58. The number of rotatable bonds is 6. The van der Waals surface area contributed by atoms with Crippen molar-refractivity contribution >= 4 is 11.8 Å². The smallest absolute Gasteiger partial charge is 0.262 e. The van der Waals surface area contributed by atoms with Crippen LogP contribution in [0.2, 0.25) is 0 Å². The summed E-state index contributed by atoms with van der Waals surface area (Å²) in [6.07, 6.45) is 1.74. The maximum atomic E-state index is 13.0. The summed E-state index contributed by atoms with van der Waals surface area (Å²) in [6, 6.07) is 18.5. The minimum atomic E-state index is -1.74. The highest BCUT2D eigenvalue weighted by Crippen LogP contribution is 2.40. The van der Waals surface area contributed by atoms with Gasteiger partial charge in [0, 0.05) is 13.0 Å². The van der Waals surface area contributed by atoms with Crippen LogP contribution in [0.15, 0.2) is 60.7 Å². The summed E-state index contributed by atoms with van der Waals surface area (Å²) in [5.74, 6) is -1.65. The van der Waals surface area contributed by atoms with Crippen molar-refractivity contribution in [2.45, 2.75) is 37.7 Å². The first-order valence-corrected chi connectivity index (χ1v) is 8.75. The molecule has 1 heterocycles. The predicted molar refractivity (Wildman–Crippen MR) is 95.9 cm³/mol. The molecule has 0 unspecified atom stereocenters. The highest BCUT2D eigenvalue weighted by molar-refractivity contribution is 6.11. The molecule has 1 fully saturated rings.